The predicted octanol–water partition coefficient (Wildman–Crippen LogP) is 3.00. The number of imidazole rings is 1. The lowest BCUT2D eigenvalue weighted by Crippen LogP contribution is -2.03. The maximum absolute atomic E-state index is 9.10. The summed E-state index contributed by atoms with van der Waals surface area (Å²) in [6.45, 7) is 4.57. The van der Waals surface area contributed by atoms with Crippen molar-refractivity contribution < 1.29 is 0 Å². The molecule has 0 aliphatic carbocycles. The summed E-state index contributed by atoms with van der Waals surface area (Å²) in [7, 11) is 0. The van der Waals surface area contributed by atoms with Crippen molar-refractivity contribution in [2.24, 2.45) is 0 Å². The number of aromatic nitrogens is 5. The Labute approximate surface area is 162 Å². The average Bonchev–Trinajstić information content (AvgIpc) is 3.13. The molecule has 4 N–H and O–H groups in total. The largest absolute Gasteiger partial charge is 0.399 e. The van der Waals surface area contributed by atoms with Crippen LogP contribution >= 0.6 is 0 Å². The molecular weight excluding hydrogens is 352 g/mol. The molecule has 0 atom stereocenters. The highest BCUT2D eigenvalue weighted by Gasteiger charge is 2.15. The van der Waals surface area contributed by atoms with E-state index in [0.29, 0.717) is 40.3 Å². The summed E-state index contributed by atoms with van der Waals surface area (Å²) in [5.74, 6) is 0.121. The first-order valence-electron chi connectivity index (χ1n) is 8.83. The summed E-state index contributed by atoms with van der Waals surface area (Å²) >= 11 is 0. The third kappa shape index (κ3) is 3.73. The number of pyridine rings is 1. The number of fused-ring (bicyclic) bond motifs is 1. The third-order valence-electron chi connectivity index (χ3n) is 3.95. The summed E-state index contributed by atoms with van der Waals surface area (Å²) in [5.41, 5.74) is 16.1. The fourth-order valence-electron chi connectivity index (χ4n) is 2.70. The molecule has 140 valence electrons. The molecular formula is C20H20N8. The van der Waals surface area contributed by atoms with Crippen molar-refractivity contribution in [1.82, 2.24) is 24.5 Å². The van der Waals surface area contributed by atoms with Gasteiger partial charge in [-0.2, -0.15) is 10.2 Å². The molecule has 0 saturated heterocycles. The Morgan fingerprint density at radius 1 is 1.04 bits per heavy atom. The van der Waals surface area contributed by atoms with Gasteiger partial charge in [-0.05, 0) is 29.8 Å². The molecule has 0 aliphatic heterocycles. The molecule has 28 heavy (non-hydrogen) atoms. The fraction of sp³-hybridized carbons (Fsp3) is 0.150. The molecule has 3 aromatic heterocycles. The summed E-state index contributed by atoms with van der Waals surface area (Å²) in [5, 5.41) is 9.10. The number of nitrogens with two attached hydrogens (primary N) is 2. The first-order chi connectivity index (χ1) is 13.6. The molecule has 8 nitrogen and oxygen atoms in total. The van der Waals surface area contributed by atoms with E-state index in [1.165, 1.54) is 0 Å². The first-order valence-corrected chi connectivity index (χ1v) is 8.83. The normalized spacial score (nSPS) is 10.2. The lowest BCUT2D eigenvalue weighted by atomic mass is 10.2. The maximum Gasteiger partial charge on any atom is 0.222 e. The van der Waals surface area contributed by atoms with Crippen molar-refractivity contribution in [3.05, 3.63) is 60.0 Å². The van der Waals surface area contributed by atoms with Crippen molar-refractivity contribution in [3.63, 3.8) is 0 Å². The minimum absolute atomic E-state index is 0.121. The summed E-state index contributed by atoms with van der Waals surface area (Å²) < 4.78 is 1.89. The molecule has 3 heterocycles. The zero-order valence-electron chi connectivity index (χ0n) is 15.7. The highest BCUT2D eigenvalue weighted by atomic mass is 15.1. The topological polar surface area (TPSA) is 132 Å². The Balaban J connectivity index is 0.00000109. The van der Waals surface area contributed by atoms with E-state index in [-0.39, 0.29) is 5.95 Å². The smallest absolute Gasteiger partial charge is 0.222 e. The lowest BCUT2D eigenvalue weighted by molar-refractivity contribution is 0.814. The number of nitrogens with zero attached hydrogens (tertiary/aromatic N) is 6. The van der Waals surface area contributed by atoms with Crippen molar-refractivity contribution in [3.8, 4) is 17.5 Å². The van der Waals surface area contributed by atoms with E-state index in [2.05, 4.69) is 26.0 Å². The molecule has 4 rings (SSSR count). The zero-order valence-corrected chi connectivity index (χ0v) is 15.7. The van der Waals surface area contributed by atoms with E-state index in [1.807, 2.05) is 42.7 Å². The minimum Gasteiger partial charge on any atom is -0.399 e. The van der Waals surface area contributed by atoms with Crippen LogP contribution in [0, 0.1) is 11.3 Å². The van der Waals surface area contributed by atoms with Gasteiger partial charge in [-0.15, -0.1) is 0 Å². The second kappa shape index (κ2) is 8.14. The van der Waals surface area contributed by atoms with Gasteiger partial charge in [0.1, 0.15) is 11.2 Å². The Kier molecular flexibility index (Phi) is 5.46. The number of anilines is 2. The third-order valence-corrected chi connectivity index (χ3v) is 3.95. The highest BCUT2D eigenvalue weighted by Crippen LogP contribution is 2.25. The standard InChI is InChI=1S/C18H14N8.C2H6/c19-8-12-5-6-22-14(7-12)15-16-17(25-18(21)24-15)26(10-23-16)9-11-1-3-13(20)4-2-11;1-2/h1-7,10H,9,20H2,(H2,21,24,25);1-2H3. The van der Waals surface area contributed by atoms with Gasteiger partial charge in [0, 0.05) is 11.9 Å². The van der Waals surface area contributed by atoms with Crippen LogP contribution in [0.25, 0.3) is 22.6 Å². The van der Waals surface area contributed by atoms with E-state index in [9.17, 15) is 0 Å². The molecule has 0 bridgehead atoms. The molecule has 4 aromatic rings. The van der Waals surface area contributed by atoms with Gasteiger partial charge in [0.05, 0.1) is 30.2 Å². The summed E-state index contributed by atoms with van der Waals surface area (Å²) in [6, 6.07) is 13.0. The van der Waals surface area contributed by atoms with Gasteiger partial charge >= 0.3 is 0 Å². The number of benzene rings is 1. The van der Waals surface area contributed by atoms with Gasteiger partial charge in [-0.1, -0.05) is 26.0 Å². The van der Waals surface area contributed by atoms with E-state index in [0.717, 1.165) is 5.56 Å². The molecule has 0 aliphatic rings. The quantitative estimate of drug-likeness (QED) is 0.528. The SMILES string of the molecule is CC.N#Cc1ccnc(-c2nc(N)nc3c2ncn3Cc2ccc(N)cc2)c1. The van der Waals surface area contributed by atoms with E-state index >= 15 is 0 Å². The Bertz CT molecular complexity index is 1140. The van der Waals surface area contributed by atoms with Crippen molar-refractivity contribution >= 4 is 22.8 Å². The fourth-order valence-corrected chi connectivity index (χ4v) is 2.70. The average molecular weight is 372 g/mol. The zero-order chi connectivity index (χ0) is 20.1. The van der Waals surface area contributed by atoms with Crippen LogP contribution in [0.4, 0.5) is 11.6 Å². The van der Waals surface area contributed by atoms with Gasteiger partial charge in [0.25, 0.3) is 0 Å². The van der Waals surface area contributed by atoms with Crippen LogP contribution in [-0.4, -0.2) is 24.5 Å². The number of hydrogen-bond donors (Lipinski definition) is 2. The number of nitriles is 1. The van der Waals surface area contributed by atoms with Crippen molar-refractivity contribution in [1.29, 1.82) is 5.26 Å². The Hall–Kier alpha value is -3.99. The molecule has 0 amide bonds. The molecule has 0 spiro atoms. The van der Waals surface area contributed by atoms with Crippen LogP contribution in [0.15, 0.2) is 48.9 Å². The summed E-state index contributed by atoms with van der Waals surface area (Å²) in [4.78, 5) is 17.3. The van der Waals surface area contributed by atoms with Crippen LogP contribution in [-0.2, 0) is 6.54 Å². The van der Waals surface area contributed by atoms with Crippen LogP contribution in [0.3, 0.4) is 0 Å². The molecule has 0 radical (unpaired) electrons. The molecule has 0 unspecified atom stereocenters. The van der Waals surface area contributed by atoms with Crippen LogP contribution in [0.2, 0.25) is 0 Å². The van der Waals surface area contributed by atoms with E-state index < -0.39 is 0 Å². The van der Waals surface area contributed by atoms with Crippen LogP contribution in [0.5, 0.6) is 0 Å². The monoisotopic (exact) mass is 372 g/mol. The predicted molar refractivity (Wildman–Crippen MR) is 109 cm³/mol. The lowest BCUT2D eigenvalue weighted by Gasteiger charge is -2.06. The molecule has 1 aromatic carbocycles. The number of hydrogen-bond acceptors (Lipinski definition) is 7. The van der Waals surface area contributed by atoms with E-state index in [4.69, 9.17) is 16.7 Å². The highest BCUT2D eigenvalue weighted by molar-refractivity contribution is 5.87. The molecule has 0 fully saturated rings. The first kappa shape index (κ1) is 18.8. The maximum atomic E-state index is 9.10. The van der Waals surface area contributed by atoms with Gasteiger partial charge in [0.15, 0.2) is 5.65 Å². The van der Waals surface area contributed by atoms with Gasteiger partial charge < -0.3 is 16.0 Å². The van der Waals surface area contributed by atoms with Crippen LogP contribution in [0.1, 0.15) is 25.0 Å². The van der Waals surface area contributed by atoms with Gasteiger partial charge in [0.2, 0.25) is 5.95 Å². The second-order valence-corrected chi connectivity index (χ2v) is 5.76. The van der Waals surface area contributed by atoms with Crippen molar-refractivity contribution in [2.75, 3.05) is 11.5 Å². The van der Waals surface area contributed by atoms with Crippen molar-refractivity contribution in [2.45, 2.75) is 20.4 Å². The molecule has 8 heteroatoms. The Morgan fingerprint density at radius 3 is 2.50 bits per heavy atom. The minimum atomic E-state index is 0.121. The second-order valence-electron chi connectivity index (χ2n) is 5.76. The molecule has 0 saturated carbocycles. The van der Waals surface area contributed by atoms with Gasteiger partial charge in [-0.3, -0.25) is 4.98 Å². The van der Waals surface area contributed by atoms with Gasteiger partial charge in [-0.25, -0.2) is 9.97 Å². The number of rotatable bonds is 3. The van der Waals surface area contributed by atoms with Crippen LogP contribution < -0.4 is 11.5 Å². The number of nitrogen functional groups attached to an aromatic ring is 2. The van der Waals surface area contributed by atoms with E-state index in [1.54, 1.807) is 24.7 Å². The Morgan fingerprint density at radius 2 is 1.79 bits per heavy atom. The summed E-state index contributed by atoms with van der Waals surface area (Å²) in [6.07, 6.45) is 3.25.